The highest BCUT2D eigenvalue weighted by Gasteiger charge is 2.06. The van der Waals surface area contributed by atoms with Crippen LogP contribution in [0, 0.1) is 0 Å². The molecule has 1 aromatic carbocycles. The van der Waals surface area contributed by atoms with Crippen molar-refractivity contribution in [2.75, 3.05) is 5.73 Å². The molecule has 0 fully saturated rings. The topological polar surface area (TPSA) is 102 Å². The second kappa shape index (κ2) is 4.56. The van der Waals surface area contributed by atoms with Crippen LogP contribution in [0.15, 0.2) is 17.2 Å². The first kappa shape index (κ1) is 11.6. The second-order valence-electron chi connectivity index (χ2n) is 3.00. The van der Waals surface area contributed by atoms with Crippen LogP contribution >= 0.6 is 23.2 Å². The number of hydrogen-bond donors (Lipinski definition) is 2. The van der Waals surface area contributed by atoms with Crippen molar-refractivity contribution in [2.45, 2.75) is 0 Å². The van der Waals surface area contributed by atoms with E-state index in [4.69, 9.17) is 28.9 Å². The fourth-order valence-corrected chi connectivity index (χ4v) is 1.58. The predicted molar refractivity (Wildman–Crippen MR) is 63.3 cm³/mol. The van der Waals surface area contributed by atoms with Gasteiger partial charge in [-0.25, -0.2) is 0 Å². The zero-order valence-electron chi connectivity index (χ0n) is 8.25. The third-order valence-electron chi connectivity index (χ3n) is 1.84. The summed E-state index contributed by atoms with van der Waals surface area (Å²) < 4.78 is 0. The van der Waals surface area contributed by atoms with E-state index < -0.39 is 0 Å². The number of nitrogens with zero attached hydrogens (tertiary/aromatic N) is 5. The van der Waals surface area contributed by atoms with Gasteiger partial charge in [0.1, 0.15) is 5.75 Å². The molecular weight excluding hydrogens is 267 g/mol. The van der Waals surface area contributed by atoms with E-state index in [1.807, 2.05) is 0 Å². The van der Waals surface area contributed by atoms with Gasteiger partial charge in [0.2, 0.25) is 0 Å². The lowest BCUT2D eigenvalue weighted by Gasteiger charge is -2.01. The summed E-state index contributed by atoms with van der Waals surface area (Å²) in [4.78, 5) is 0.994. The number of nitrogen functional groups attached to an aromatic ring is 1. The Bertz CT molecular complexity index is 581. The molecule has 0 aliphatic rings. The van der Waals surface area contributed by atoms with Gasteiger partial charge in [0.25, 0.3) is 5.95 Å². The predicted octanol–water partition coefficient (Wildman–Crippen LogP) is 1.15. The van der Waals surface area contributed by atoms with Crippen molar-refractivity contribution in [3.8, 4) is 5.75 Å². The maximum atomic E-state index is 9.65. The van der Waals surface area contributed by atoms with Crippen molar-refractivity contribution >= 4 is 35.4 Å². The van der Waals surface area contributed by atoms with Gasteiger partial charge in [-0.2, -0.15) is 5.10 Å². The molecule has 1 heterocycles. The van der Waals surface area contributed by atoms with E-state index in [2.05, 4.69) is 20.6 Å². The molecule has 0 atom stereocenters. The van der Waals surface area contributed by atoms with Gasteiger partial charge in [-0.3, -0.25) is 0 Å². The summed E-state index contributed by atoms with van der Waals surface area (Å²) >= 11 is 11.5. The number of nitrogens with two attached hydrogens (primary N) is 1. The molecule has 0 aliphatic carbocycles. The average Bonchev–Trinajstić information content (AvgIpc) is 2.67. The molecule has 7 nitrogen and oxygen atoms in total. The molecule has 1 aromatic heterocycles. The highest BCUT2D eigenvalue weighted by molar-refractivity contribution is 6.36. The van der Waals surface area contributed by atoms with Crippen molar-refractivity contribution in [3.63, 3.8) is 0 Å². The van der Waals surface area contributed by atoms with E-state index in [1.54, 1.807) is 0 Å². The summed E-state index contributed by atoms with van der Waals surface area (Å²) in [5, 5.41) is 24.2. The van der Waals surface area contributed by atoms with Gasteiger partial charge < -0.3 is 10.8 Å². The van der Waals surface area contributed by atoms with Gasteiger partial charge in [0.15, 0.2) is 0 Å². The lowest BCUT2D eigenvalue weighted by Crippen LogP contribution is -1.99. The standard InChI is InChI=1S/C8H6Cl2N6O/c9-5-1-4(7(17)6(10)2-5)3-12-16-8(11)13-14-15-16/h1-3,17H,(H2,11,13,15)/b12-3-. The van der Waals surface area contributed by atoms with Gasteiger partial charge in [0, 0.05) is 10.6 Å². The van der Waals surface area contributed by atoms with Gasteiger partial charge in [-0.1, -0.05) is 33.1 Å². The SMILES string of the molecule is Nc1nnnn1/N=C\c1cc(Cl)cc(Cl)c1O. The van der Waals surface area contributed by atoms with E-state index in [9.17, 15) is 5.11 Å². The zero-order valence-corrected chi connectivity index (χ0v) is 9.76. The third-order valence-corrected chi connectivity index (χ3v) is 2.35. The van der Waals surface area contributed by atoms with Crippen LogP contribution in [0.3, 0.4) is 0 Å². The first-order chi connectivity index (χ1) is 8.08. The Morgan fingerprint density at radius 1 is 1.41 bits per heavy atom. The fraction of sp³-hybridized carbons (Fsp3) is 0. The number of anilines is 1. The van der Waals surface area contributed by atoms with E-state index in [0.717, 1.165) is 4.79 Å². The van der Waals surface area contributed by atoms with Crippen LogP contribution in [0.4, 0.5) is 5.95 Å². The normalized spacial score (nSPS) is 11.2. The number of rotatable bonds is 2. The molecule has 0 unspecified atom stereocenters. The van der Waals surface area contributed by atoms with Crippen molar-refractivity contribution in [1.29, 1.82) is 0 Å². The minimum absolute atomic E-state index is 0.0221. The maximum absolute atomic E-state index is 9.65. The summed E-state index contributed by atoms with van der Waals surface area (Å²) in [5.41, 5.74) is 5.73. The Labute approximate surface area is 105 Å². The minimum Gasteiger partial charge on any atom is -0.506 e. The van der Waals surface area contributed by atoms with Crippen molar-refractivity contribution in [3.05, 3.63) is 27.7 Å². The molecule has 0 bridgehead atoms. The first-order valence-corrected chi connectivity index (χ1v) is 5.09. The van der Waals surface area contributed by atoms with Crippen LogP contribution in [-0.4, -0.2) is 31.6 Å². The van der Waals surface area contributed by atoms with Crippen molar-refractivity contribution in [1.82, 2.24) is 20.3 Å². The number of hydrogen-bond acceptors (Lipinski definition) is 6. The van der Waals surface area contributed by atoms with Gasteiger partial charge >= 0.3 is 0 Å². The molecule has 0 saturated heterocycles. The van der Waals surface area contributed by atoms with Crippen LogP contribution < -0.4 is 5.73 Å². The molecule has 17 heavy (non-hydrogen) atoms. The van der Waals surface area contributed by atoms with E-state index in [-0.39, 0.29) is 16.7 Å². The molecule has 0 amide bonds. The van der Waals surface area contributed by atoms with E-state index in [0.29, 0.717) is 10.6 Å². The average molecular weight is 273 g/mol. The quantitative estimate of drug-likeness (QED) is 0.799. The van der Waals surface area contributed by atoms with Crippen molar-refractivity contribution < 1.29 is 5.11 Å². The molecule has 0 radical (unpaired) electrons. The minimum atomic E-state index is -0.133. The Morgan fingerprint density at radius 3 is 2.82 bits per heavy atom. The largest absolute Gasteiger partial charge is 0.506 e. The Kier molecular flexibility index (Phi) is 3.12. The maximum Gasteiger partial charge on any atom is 0.263 e. The molecule has 0 aliphatic heterocycles. The Morgan fingerprint density at radius 2 is 2.18 bits per heavy atom. The smallest absolute Gasteiger partial charge is 0.263 e. The molecule has 3 N–H and O–H groups in total. The molecular formula is C8H6Cl2N6O. The van der Waals surface area contributed by atoms with Crippen LogP contribution in [0.1, 0.15) is 5.56 Å². The molecule has 2 aromatic rings. The number of aromatic nitrogens is 4. The summed E-state index contributed by atoms with van der Waals surface area (Å²) in [6.45, 7) is 0. The Hall–Kier alpha value is -1.86. The van der Waals surface area contributed by atoms with Gasteiger partial charge in [-0.15, -0.1) is 0 Å². The summed E-state index contributed by atoms with van der Waals surface area (Å²) in [5.74, 6) is -0.111. The summed E-state index contributed by atoms with van der Waals surface area (Å²) in [7, 11) is 0. The first-order valence-electron chi connectivity index (χ1n) is 4.34. The molecule has 0 spiro atoms. The number of halogens is 2. The Balaban J connectivity index is 2.37. The van der Waals surface area contributed by atoms with E-state index in [1.165, 1.54) is 18.3 Å². The number of phenolic OH excluding ortho intramolecular Hbond substituents is 1. The lowest BCUT2D eigenvalue weighted by molar-refractivity contribution is 0.474. The van der Waals surface area contributed by atoms with Crippen LogP contribution in [0.5, 0.6) is 5.75 Å². The van der Waals surface area contributed by atoms with Crippen LogP contribution in [0.25, 0.3) is 0 Å². The van der Waals surface area contributed by atoms with E-state index >= 15 is 0 Å². The highest BCUT2D eigenvalue weighted by Crippen LogP contribution is 2.29. The zero-order chi connectivity index (χ0) is 12.4. The molecule has 2 rings (SSSR count). The molecule has 0 saturated carbocycles. The number of benzene rings is 1. The van der Waals surface area contributed by atoms with Crippen molar-refractivity contribution in [2.24, 2.45) is 5.10 Å². The third kappa shape index (κ3) is 2.45. The number of aromatic hydroxyl groups is 1. The monoisotopic (exact) mass is 272 g/mol. The van der Waals surface area contributed by atoms with Crippen LogP contribution in [-0.2, 0) is 0 Å². The highest BCUT2D eigenvalue weighted by atomic mass is 35.5. The number of tetrazole rings is 1. The van der Waals surface area contributed by atoms with Gasteiger partial charge in [0.05, 0.1) is 11.2 Å². The summed E-state index contributed by atoms with van der Waals surface area (Å²) in [6, 6.07) is 2.91. The molecule has 9 heteroatoms. The summed E-state index contributed by atoms with van der Waals surface area (Å²) in [6.07, 6.45) is 1.29. The number of phenols is 1. The van der Waals surface area contributed by atoms with Gasteiger partial charge in [-0.05, 0) is 22.6 Å². The fourth-order valence-electron chi connectivity index (χ4n) is 1.07. The second-order valence-corrected chi connectivity index (χ2v) is 3.84. The lowest BCUT2D eigenvalue weighted by atomic mass is 10.2. The molecule has 88 valence electrons. The van der Waals surface area contributed by atoms with Crippen LogP contribution in [0.2, 0.25) is 10.0 Å².